The van der Waals surface area contributed by atoms with Crippen LogP contribution in [0.3, 0.4) is 0 Å². The van der Waals surface area contributed by atoms with E-state index in [1.165, 1.54) is 24.3 Å². The van der Waals surface area contributed by atoms with Crippen molar-refractivity contribution in [1.82, 2.24) is 4.98 Å². The Hall–Kier alpha value is -2.44. The number of rotatable bonds is 6. The van der Waals surface area contributed by atoms with Crippen LogP contribution >= 0.6 is 11.3 Å². The number of aromatic nitrogens is 1. The van der Waals surface area contributed by atoms with Gasteiger partial charge in [-0.2, -0.15) is 0 Å². The van der Waals surface area contributed by atoms with Crippen molar-refractivity contribution in [3.63, 3.8) is 0 Å². The van der Waals surface area contributed by atoms with Crippen molar-refractivity contribution < 1.29 is 9.18 Å². The first kappa shape index (κ1) is 15.9. The fraction of sp³-hybridized carbons (Fsp3) is 0.286. The maximum Gasteiger partial charge on any atom is 0.223 e. The van der Waals surface area contributed by atoms with Crippen molar-refractivity contribution in [2.75, 3.05) is 5.32 Å². The normalized spacial score (nSPS) is 10.1. The number of benzene rings is 1. The predicted molar refractivity (Wildman–Crippen MR) is 83.1 cm³/mol. The van der Waals surface area contributed by atoms with Crippen LogP contribution in [0.1, 0.15) is 23.7 Å². The van der Waals surface area contributed by atoms with Crippen LogP contribution in [0.4, 0.5) is 9.52 Å². The number of nitrogens with zero attached hydrogens (tertiary/aromatic N) is 4. The highest BCUT2D eigenvalue weighted by Gasteiger charge is 2.07. The van der Waals surface area contributed by atoms with E-state index in [4.69, 9.17) is 5.53 Å². The lowest BCUT2D eigenvalue weighted by molar-refractivity contribution is -0.114. The van der Waals surface area contributed by atoms with Crippen molar-refractivity contribution in [2.45, 2.75) is 26.3 Å². The molecule has 0 saturated heterocycles. The summed E-state index contributed by atoms with van der Waals surface area (Å²) in [7, 11) is 0. The molecular formula is C14H14FN5OS. The van der Waals surface area contributed by atoms with E-state index in [0.717, 1.165) is 5.69 Å². The summed E-state index contributed by atoms with van der Waals surface area (Å²) in [4.78, 5) is 17.8. The number of nitrogens with one attached hydrogen (secondary N) is 1. The van der Waals surface area contributed by atoms with Gasteiger partial charge in [-0.3, -0.25) is 4.79 Å². The smallest absolute Gasteiger partial charge is 0.223 e. The molecule has 6 nitrogen and oxygen atoms in total. The first-order valence-corrected chi connectivity index (χ1v) is 7.46. The van der Waals surface area contributed by atoms with E-state index >= 15 is 0 Å². The van der Waals surface area contributed by atoms with Crippen LogP contribution in [-0.2, 0) is 24.2 Å². The molecule has 0 saturated carbocycles. The maximum absolute atomic E-state index is 13.9. The molecule has 0 atom stereocenters. The zero-order chi connectivity index (χ0) is 15.9. The molecule has 22 heavy (non-hydrogen) atoms. The minimum atomic E-state index is -0.317. The molecule has 1 aromatic carbocycles. The maximum atomic E-state index is 13.9. The molecule has 0 radical (unpaired) electrons. The standard InChI is InChI=1S/C14H14FN5OS/c1-9(21)18-14-19-12(8-22-14)5-4-11-3-2-10(6-13(11)15)7-17-20-16/h2-3,6,8H,4-5,7H2,1H3,(H,18,19,21). The predicted octanol–water partition coefficient (Wildman–Crippen LogP) is 3.84. The molecule has 1 heterocycles. The molecule has 0 fully saturated rings. The molecular weight excluding hydrogens is 305 g/mol. The molecule has 0 unspecified atom stereocenters. The van der Waals surface area contributed by atoms with E-state index in [9.17, 15) is 9.18 Å². The summed E-state index contributed by atoms with van der Waals surface area (Å²) >= 11 is 1.35. The first-order valence-electron chi connectivity index (χ1n) is 6.58. The number of halogens is 1. The summed E-state index contributed by atoms with van der Waals surface area (Å²) in [6.45, 7) is 1.56. The third-order valence-electron chi connectivity index (χ3n) is 2.92. The van der Waals surface area contributed by atoms with Gasteiger partial charge in [-0.1, -0.05) is 17.2 Å². The second-order valence-electron chi connectivity index (χ2n) is 4.64. The number of carbonyl (C=O) groups is 1. The average molecular weight is 319 g/mol. The summed E-state index contributed by atoms with van der Waals surface area (Å²) < 4.78 is 13.9. The second kappa shape index (κ2) is 7.53. The highest BCUT2D eigenvalue weighted by molar-refractivity contribution is 7.13. The van der Waals surface area contributed by atoms with E-state index in [1.54, 1.807) is 12.1 Å². The lowest BCUT2D eigenvalue weighted by atomic mass is 10.1. The van der Waals surface area contributed by atoms with Gasteiger partial charge in [0.15, 0.2) is 5.13 Å². The van der Waals surface area contributed by atoms with Gasteiger partial charge < -0.3 is 5.32 Å². The van der Waals surface area contributed by atoms with Crippen molar-refractivity contribution in [1.29, 1.82) is 0 Å². The summed E-state index contributed by atoms with van der Waals surface area (Å²) in [6, 6.07) is 4.82. The Morgan fingerprint density at radius 3 is 3.00 bits per heavy atom. The molecule has 2 aromatic rings. The summed E-state index contributed by atoms with van der Waals surface area (Å²) in [6.07, 6.45) is 1.10. The third kappa shape index (κ3) is 4.54. The Kier molecular flexibility index (Phi) is 5.46. The van der Waals surface area contributed by atoms with E-state index in [-0.39, 0.29) is 18.3 Å². The quantitative estimate of drug-likeness (QED) is 0.498. The van der Waals surface area contributed by atoms with Crippen LogP contribution in [0.5, 0.6) is 0 Å². The van der Waals surface area contributed by atoms with Gasteiger partial charge in [0.05, 0.1) is 12.2 Å². The van der Waals surface area contributed by atoms with Gasteiger partial charge >= 0.3 is 0 Å². The number of anilines is 1. The lowest BCUT2D eigenvalue weighted by Gasteiger charge is -2.04. The van der Waals surface area contributed by atoms with Crippen LogP contribution in [0.25, 0.3) is 10.4 Å². The fourth-order valence-corrected chi connectivity index (χ4v) is 2.69. The van der Waals surface area contributed by atoms with Gasteiger partial charge in [0.25, 0.3) is 0 Å². The van der Waals surface area contributed by atoms with Crippen LogP contribution in [0, 0.1) is 5.82 Å². The molecule has 0 bridgehead atoms. The molecule has 114 valence electrons. The number of thiazole rings is 1. The molecule has 0 aliphatic carbocycles. The second-order valence-corrected chi connectivity index (χ2v) is 5.50. The number of hydrogen-bond acceptors (Lipinski definition) is 4. The van der Waals surface area contributed by atoms with Gasteiger partial charge in [0.1, 0.15) is 5.82 Å². The highest BCUT2D eigenvalue weighted by Crippen LogP contribution is 2.18. The van der Waals surface area contributed by atoms with Gasteiger partial charge in [-0.25, -0.2) is 9.37 Å². The Balaban J connectivity index is 1.97. The van der Waals surface area contributed by atoms with E-state index in [2.05, 4.69) is 20.3 Å². The number of azide groups is 1. The van der Waals surface area contributed by atoms with Gasteiger partial charge in [0.2, 0.25) is 5.91 Å². The molecule has 1 N–H and O–H groups in total. The Labute approximate surface area is 130 Å². The summed E-state index contributed by atoms with van der Waals surface area (Å²) in [5.74, 6) is -0.481. The topological polar surface area (TPSA) is 90.8 Å². The largest absolute Gasteiger partial charge is 0.302 e. The van der Waals surface area contributed by atoms with Crippen LogP contribution in [0.15, 0.2) is 28.7 Å². The fourth-order valence-electron chi connectivity index (χ4n) is 1.90. The van der Waals surface area contributed by atoms with Gasteiger partial charge in [-0.15, -0.1) is 11.3 Å². The Bertz CT molecular complexity index is 724. The molecule has 8 heteroatoms. The zero-order valence-electron chi connectivity index (χ0n) is 11.9. The van der Waals surface area contributed by atoms with E-state index in [0.29, 0.717) is 29.1 Å². The summed E-state index contributed by atoms with van der Waals surface area (Å²) in [5.41, 5.74) is 10.3. The molecule has 1 aromatic heterocycles. The number of amides is 1. The molecule has 0 aliphatic heterocycles. The number of carbonyl (C=O) groups excluding carboxylic acids is 1. The van der Waals surface area contributed by atoms with Crippen LogP contribution in [-0.4, -0.2) is 10.9 Å². The molecule has 0 spiro atoms. The van der Waals surface area contributed by atoms with Gasteiger partial charge in [-0.05, 0) is 35.6 Å². The highest BCUT2D eigenvalue weighted by atomic mass is 32.1. The minimum Gasteiger partial charge on any atom is -0.302 e. The molecule has 1 amide bonds. The molecule has 2 rings (SSSR count). The SMILES string of the molecule is CC(=O)Nc1nc(CCc2ccc(CN=[N+]=[N-])cc2F)cs1. The van der Waals surface area contributed by atoms with E-state index < -0.39 is 0 Å². The van der Waals surface area contributed by atoms with Gasteiger partial charge in [0, 0.05) is 17.2 Å². The zero-order valence-corrected chi connectivity index (χ0v) is 12.7. The lowest BCUT2D eigenvalue weighted by Crippen LogP contribution is -2.05. The third-order valence-corrected chi connectivity index (χ3v) is 3.73. The minimum absolute atomic E-state index is 0.139. The van der Waals surface area contributed by atoms with Crippen molar-refractivity contribution >= 4 is 22.4 Å². The van der Waals surface area contributed by atoms with Crippen LogP contribution in [0.2, 0.25) is 0 Å². The van der Waals surface area contributed by atoms with E-state index in [1.807, 2.05) is 5.38 Å². The summed E-state index contributed by atoms with van der Waals surface area (Å²) in [5, 5.41) is 8.42. The van der Waals surface area contributed by atoms with Crippen molar-refractivity contribution in [3.8, 4) is 0 Å². The first-order chi connectivity index (χ1) is 10.6. The van der Waals surface area contributed by atoms with Crippen molar-refractivity contribution in [2.24, 2.45) is 5.11 Å². The Morgan fingerprint density at radius 1 is 1.50 bits per heavy atom. The number of hydrogen-bond donors (Lipinski definition) is 1. The number of aryl methyl sites for hydroxylation is 2. The Morgan fingerprint density at radius 2 is 2.32 bits per heavy atom. The van der Waals surface area contributed by atoms with Crippen molar-refractivity contribution in [3.05, 3.63) is 56.7 Å². The molecule has 0 aliphatic rings. The van der Waals surface area contributed by atoms with Crippen LogP contribution < -0.4 is 5.32 Å². The average Bonchev–Trinajstić information content (AvgIpc) is 2.90. The monoisotopic (exact) mass is 319 g/mol.